The van der Waals surface area contributed by atoms with Gasteiger partial charge in [-0.1, -0.05) is 13.8 Å². The van der Waals surface area contributed by atoms with E-state index in [1.165, 1.54) is 7.11 Å². The predicted molar refractivity (Wildman–Crippen MR) is 60.6 cm³/mol. The fourth-order valence-electron chi connectivity index (χ4n) is 2.17. The van der Waals surface area contributed by atoms with Crippen LogP contribution in [-0.2, 0) is 9.53 Å². The molecule has 1 aliphatic carbocycles. The Labute approximate surface area is 92.6 Å². The van der Waals surface area contributed by atoms with Gasteiger partial charge in [0.25, 0.3) is 0 Å². The van der Waals surface area contributed by atoms with E-state index in [1.54, 1.807) is 0 Å². The van der Waals surface area contributed by atoms with Gasteiger partial charge in [0.05, 0.1) is 13.0 Å². The summed E-state index contributed by atoms with van der Waals surface area (Å²) in [5, 5.41) is 3.46. The van der Waals surface area contributed by atoms with Crippen LogP contribution in [0.25, 0.3) is 0 Å². The van der Waals surface area contributed by atoms with Gasteiger partial charge in [-0.2, -0.15) is 0 Å². The molecular formula is C12H23NO2. The third-order valence-electron chi connectivity index (χ3n) is 3.20. The molecule has 1 saturated carbocycles. The molecule has 15 heavy (non-hydrogen) atoms. The maximum Gasteiger partial charge on any atom is 0.308 e. The summed E-state index contributed by atoms with van der Waals surface area (Å²) in [4.78, 5) is 11.3. The molecule has 0 spiro atoms. The molecule has 0 saturated heterocycles. The number of nitrogens with one attached hydrogen (secondary N) is 1. The zero-order chi connectivity index (χ0) is 11.3. The first-order chi connectivity index (χ1) is 7.13. The zero-order valence-electron chi connectivity index (χ0n) is 10.1. The molecule has 0 unspecified atom stereocenters. The van der Waals surface area contributed by atoms with Crippen molar-refractivity contribution in [3.05, 3.63) is 0 Å². The van der Waals surface area contributed by atoms with Crippen molar-refractivity contribution in [2.24, 2.45) is 11.8 Å². The van der Waals surface area contributed by atoms with Crippen LogP contribution >= 0.6 is 0 Å². The fraction of sp³-hybridized carbons (Fsp3) is 0.917. The molecule has 3 heteroatoms. The SMILES string of the molecule is COC(=O)C1CCC(CNC(C)C)CC1. The summed E-state index contributed by atoms with van der Waals surface area (Å²) in [6.45, 7) is 5.42. The average Bonchev–Trinajstić information content (AvgIpc) is 2.26. The lowest BCUT2D eigenvalue weighted by atomic mass is 9.82. The third kappa shape index (κ3) is 4.20. The Morgan fingerprint density at radius 2 is 1.93 bits per heavy atom. The summed E-state index contributed by atoms with van der Waals surface area (Å²) >= 11 is 0. The van der Waals surface area contributed by atoms with E-state index in [0.717, 1.165) is 38.1 Å². The van der Waals surface area contributed by atoms with Crippen molar-refractivity contribution in [1.82, 2.24) is 5.32 Å². The highest BCUT2D eigenvalue weighted by molar-refractivity contribution is 5.72. The lowest BCUT2D eigenvalue weighted by Crippen LogP contribution is -2.32. The Balaban J connectivity index is 2.21. The van der Waals surface area contributed by atoms with Crippen LogP contribution in [0.5, 0.6) is 0 Å². The van der Waals surface area contributed by atoms with Crippen molar-refractivity contribution in [2.75, 3.05) is 13.7 Å². The van der Waals surface area contributed by atoms with E-state index in [0.29, 0.717) is 6.04 Å². The quantitative estimate of drug-likeness (QED) is 0.726. The topological polar surface area (TPSA) is 38.3 Å². The molecular weight excluding hydrogens is 190 g/mol. The molecule has 0 bridgehead atoms. The van der Waals surface area contributed by atoms with Crippen molar-refractivity contribution in [1.29, 1.82) is 0 Å². The largest absolute Gasteiger partial charge is 0.469 e. The molecule has 1 rings (SSSR count). The van der Waals surface area contributed by atoms with Gasteiger partial charge in [-0.05, 0) is 38.1 Å². The van der Waals surface area contributed by atoms with Crippen LogP contribution in [0.15, 0.2) is 0 Å². The predicted octanol–water partition coefficient (Wildman–Crippen LogP) is 1.96. The Morgan fingerprint density at radius 1 is 1.33 bits per heavy atom. The van der Waals surface area contributed by atoms with Crippen LogP contribution in [0.4, 0.5) is 0 Å². The number of carbonyl (C=O) groups is 1. The molecule has 0 aromatic carbocycles. The molecule has 0 aromatic rings. The van der Waals surface area contributed by atoms with Gasteiger partial charge in [0.1, 0.15) is 0 Å². The summed E-state index contributed by atoms with van der Waals surface area (Å²) in [5.74, 6) is 0.879. The first-order valence-electron chi connectivity index (χ1n) is 5.94. The number of carbonyl (C=O) groups excluding carboxylic acids is 1. The van der Waals surface area contributed by atoms with E-state index in [1.807, 2.05) is 0 Å². The second-order valence-corrected chi connectivity index (χ2v) is 4.80. The molecule has 1 fully saturated rings. The summed E-state index contributed by atoms with van der Waals surface area (Å²) in [6.07, 6.45) is 4.30. The number of hydrogen-bond donors (Lipinski definition) is 1. The Bertz CT molecular complexity index is 196. The lowest BCUT2D eigenvalue weighted by Gasteiger charge is -2.27. The van der Waals surface area contributed by atoms with Gasteiger partial charge in [0, 0.05) is 6.04 Å². The lowest BCUT2D eigenvalue weighted by molar-refractivity contribution is -0.146. The molecule has 0 amide bonds. The van der Waals surface area contributed by atoms with Crippen LogP contribution in [0, 0.1) is 11.8 Å². The summed E-state index contributed by atoms with van der Waals surface area (Å²) in [7, 11) is 1.48. The Kier molecular flexibility index (Phi) is 5.09. The molecule has 0 heterocycles. The molecule has 0 radical (unpaired) electrons. The van der Waals surface area contributed by atoms with Gasteiger partial charge >= 0.3 is 5.97 Å². The third-order valence-corrected chi connectivity index (χ3v) is 3.20. The van der Waals surface area contributed by atoms with Crippen LogP contribution in [0.1, 0.15) is 39.5 Å². The standard InChI is InChI=1S/C12H23NO2/c1-9(2)13-8-10-4-6-11(7-5-10)12(14)15-3/h9-11,13H,4-8H2,1-3H3. The first-order valence-corrected chi connectivity index (χ1v) is 5.94. The van der Waals surface area contributed by atoms with Gasteiger partial charge in [-0.25, -0.2) is 0 Å². The number of esters is 1. The normalized spacial score (nSPS) is 26.7. The monoisotopic (exact) mass is 213 g/mol. The minimum atomic E-state index is -0.0229. The highest BCUT2D eigenvalue weighted by Gasteiger charge is 2.26. The minimum Gasteiger partial charge on any atom is -0.469 e. The van der Waals surface area contributed by atoms with Gasteiger partial charge in [0.15, 0.2) is 0 Å². The Morgan fingerprint density at radius 3 is 2.40 bits per heavy atom. The summed E-state index contributed by atoms with van der Waals surface area (Å²) in [5.41, 5.74) is 0. The number of methoxy groups -OCH3 is 1. The van der Waals surface area contributed by atoms with Crippen LogP contribution < -0.4 is 5.32 Å². The van der Waals surface area contributed by atoms with E-state index in [9.17, 15) is 4.79 Å². The smallest absolute Gasteiger partial charge is 0.308 e. The average molecular weight is 213 g/mol. The van der Waals surface area contributed by atoms with Crippen LogP contribution in [0.2, 0.25) is 0 Å². The number of ether oxygens (including phenoxy) is 1. The van der Waals surface area contributed by atoms with Gasteiger partial charge in [-0.3, -0.25) is 4.79 Å². The summed E-state index contributed by atoms with van der Waals surface area (Å²) < 4.78 is 4.77. The summed E-state index contributed by atoms with van der Waals surface area (Å²) in [6, 6.07) is 0.559. The molecule has 0 aromatic heterocycles. The van der Waals surface area contributed by atoms with Gasteiger partial charge in [0.2, 0.25) is 0 Å². The van der Waals surface area contributed by atoms with Crippen molar-refractivity contribution in [2.45, 2.75) is 45.6 Å². The van der Waals surface area contributed by atoms with Crippen molar-refractivity contribution in [3.8, 4) is 0 Å². The van der Waals surface area contributed by atoms with E-state index in [-0.39, 0.29) is 11.9 Å². The van der Waals surface area contributed by atoms with E-state index in [2.05, 4.69) is 19.2 Å². The Hall–Kier alpha value is -0.570. The molecule has 1 N–H and O–H groups in total. The number of rotatable bonds is 4. The van der Waals surface area contributed by atoms with Crippen LogP contribution in [-0.4, -0.2) is 25.7 Å². The zero-order valence-corrected chi connectivity index (χ0v) is 10.1. The highest BCUT2D eigenvalue weighted by Crippen LogP contribution is 2.29. The second-order valence-electron chi connectivity index (χ2n) is 4.80. The van der Waals surface area contributed by atoms with Crippen molar-refractivity contribution >= 4 is 5.97 Å². The second kappa shape index (κ2) is 6.11. The molecule has 3 nitrogen and oxygen atoms in total. The van der Waals surface area contributed by atoms with E-state index < -0.39 is 0 Å². The molecule has 0 aliphatic heterocycles. The van der Waals surface area contributed by atoms with Crippen molar-refractivity contribution in [3.63, 3.8) is 0 Å². The molecule has 1 aliphatic rings. The minimum absolute atomic E-state index is 0.0229. The van der Waals surface area contributed by atoms with E-state index in [4.69, 9.17) is 4.74 Å². The van der Waals surface area contributed by atoms with E-state index >= 15 is 0 Å². The maximum atomic E-state index is 11.3. The highest BCUT2D eigenvalue weighted by atomic mass is 16.5. The van der Waals surface area contributed by atoms with Gasteiger partial charge < -0.3 is 10.1 Å². The van der Waals surface area contributed by atoms with Gasteiger partial charge in [-0.15, -0.1) is 0 Å². The van der Waals surface area contributed by atoms with Crippen LogP contribution in [0.3, 0.4) is 0 Å². The molecule has 88 valence electrons. The maximum absolute atomic E-state index is 11.3. The first kappa shape index (κ1) is 12.5. The molecule has 0 atom stereocenters. The fourth-order valence-corrected chi connectivity index (χ4v) is 2.17. The number of hydrogen-bond acceptors (Lipinski definition) is 3. The van der Waals surface area contributed by atoms with Crippen molar-refractivity contribution < 1.29 is 9.53 Å².